The number of hydrogen-bond donors (Lipinski definition) is 1. The van der Waals surface area contributed by atoms with Crippen molar-refractivity contribution in [2.45, 2.75) is 0 Å². The van der Waals surface area contributed by atoms with Crippen LogP contribution >= 0.6 is 39.1 Å². The van der Waals surface area contributed by atoms with Gasteiger partial charge in [-0.3, -0.25) is 0 Å². The highest BCUT2D eigenvalue weighted by Gasteiger charge is 2.09. The Morgan fingerprint density at radius 2 is 2.17 bits per heavy atom. The van der Waals surface area contributed by atoms with E-state index in [1.54, 1.807) is 6.20 Å². The Balaban J connectivity index is 2.96. The summed E-state index contributed by atoms with van der Waals surface area (Å²) in [5.41, 5.74) is 0.733. The molecule has 0 amide bonds. The van der Waals surface area contributed by atoms with Gasteiger partial charge in [-0.15, -0.1) is 0 Å². The lowest BCUT2D eigenvalue weighted by Gasteiger charge is -1.96. The average Bonchev–Trinajstić information content (AvgIpc) is 2.41. The number of nitrogens with zero attached hydrogens (tertiary/aromatic N) is 1. The zero-order valence-corrected chi connectivity index (χ0v) is 8.83. The molecule has 0 spiro atoms. The quantitative estimate of drug-likeness (QED) is 0.774. The van der Waals surface area contributed by atoms with Gasteiger partial charge in [-0.05, 0) is 15.9 Å². The van der Waals surface area contributed by atoms with E-state index in [2.05, 4.69) is 25.9 Å². The highest BCUT2D eigenvalue weighted by molar-refractivity contribution is 9.10. The van der Waals surface area contributed by atoms with Crippen LogP contribution in [-0.4, -0.2) is 9.97 Å². The molecule has 2 nitrogen and oxygen atoms in total. The zero-order chi connectivity index (χ0) is 8.72. The number of fused-ring (bicyclic) bond motifs is 1. The van der Waals surface area contributed by atoms with Crippen LogP contribution in [0.4, 0.5) is 0 Å². The molecule has 0 saturated heterocycles. The number of hydrogen-bond acceptors (Lipinski definition) is 1. The van der Waals surface area contributed by atoms with Gasteiger partial charge in [-0.2, -0.15) is 0 Å². The molecule has 0 aliphatic heterocycles. The first kappa shape index (κ1) is 8.35. The molecule has 0 fully saturated rings. The van der Waals surface area contributed by atoms with E-state index in [0.717, 1.165) is 15.5 Å². The minimum atomic E-state index is 0.462. The van der Waals surface area contributed by atoms with E-state index < -0.39 is 0 Å². The van der Waals surface area contributed by atoms with Gasteiger partial charge >= 0.3 is 0 Å². The molecule has 2 aromatic rings. The number of H-pyrrole nitrogens is 1. The van der Waals surface area contributed by atoms with E-state index in [1.807, 2.05) is 0 Å². The second-order valence-electron chi connectivity index (χ2n) is 2.28. The lowest BCUT2D eigenvalue weighted by Crippen LogP contribution is -1.77. The molecule has 0 aliphatic rings. The van der Waals surface area contributed by atoms with Crippen molar-refractivity contribution in [1.82, 2.24) is 9.97 Å². The maximum atomic E-state index is 5.95. The zero-order valence-electron chi connectivity index (χ0n) is 5.74. The van der Waals surface area contributed by atoms with Crippen molar-refractivity contribution in [3.63, 3.8) is 0 Å². The van der Waals surface area contributed by atoms with Crippen LogP contribution in [-0.2, 0) is 0 Å². The topological polar surface area (TPSA) is 28.7 Å². The van der Waals surface area contributed by atoms with Crippen LogP contribution in [0.5, 0.6) is 0 Å². The summed E-state index contributed by atoms with van der Waals surface area (Å²) in [7, 11) is 0. The molecular formula is C7H3BrCl2N2. The maximum Gasteiger partial charge on any atom is 0.140 e. The SMILES string of the molecule is Clc1cnc2[nH]cc(Br)c2c1Cl. The smallest absolute Gasteiger partial charge is 0.140 e. The molecule has 2 rings (SSSR count). The van der Waals surface area contributed by atoms with Gasteiger partial charge in [0.15, 0.2) is 0 Å². The first-order chi connectivity index (χ1) is 5.70. The number of aromatic amines is 1. The fourth-order valence-corrected chi connectivity index (χ4v) is 2.00. The Kier molecular flexibility index (Phi) is 2.02. The Bertz CT molecular complexity index is 438. The average molecular weight is 266 g/mol. The number of pyridine rings is 1. The molecular weight excluding hydrogens is 263 g/mol. The molecule has 0 aliphatic carbocycles. The predicted octanol–water partition coefficient (Wildman–Crippen LogP) is 3.63. The molecule has 0 bridgehead atoms. The third-order valence-corrected chi connectivity index (χ3v) is 2.95. The van der Waals surface area contributed by atoms with E-state index >= 15 is 0 Å². The lowest BCUT2D eigenvalue weighted by molar-refractivity contribution is 1.32. The molecule has 2 aromatic heterocycles. The summed E-state index contributed by atoms with van der Waals surface area (Å²) < 4.78 is 0.873. The minimum Gasteiger partial charge on any atom is -0.345 e. The minimum absolute atomic E-state index is 0.462. The number of nitrogens with one attached hydrogen (secondary N) is 1. The molecule has 0 aromatic carbocycles. The number of halogens is 3. The normalized spacial score (nSPS) is 10.9. The Hall–Kier alpha value is -0.250. The molecule has 12 heavy (non-hydrogen) atoms. The Morgan fingerprint density at radius 3 is 2.92 bits per heavy atom. The standard InChI is InChI=1S/C7H3BrCl2N2/c8-3-1-11-7-5(3)6(10)4(9)2-12-7/h1-2H,(H,11,12). The third kappa shape index (κ3) is 1.13. The molecule has 5 heteroatoms. The van der Waals surface area contributed by atoms with Crippen LogP contribution in [0.25, 0.3) is 11.0 Å². The van der Waals surface area contributed by atoms with E-state index in [-0.39, 0.29) is 0 Å². The molecule has 2 heterocycles. The van der Waals surface area contributed by atoms with E-state index in [4.69, 9.17) is 23.2 Å². The van der Waals surface area contributed by atoms with Gasteiger partial charge in [-0.1, -0.05) is 23.2 Å². The van der Waals surface area contributed by atoms with Crippen LogP contribution in [0.3, 0.4) is 0 Å². The summed E-state index contributed by atoms with van der Waals surface area (Å²) in [6.45, 7) is 0. The van der Waals surface area contributed by atoms with E-state index in [0.29, 0.717) is 10.0 Å². The Morgan fingerprint density at radius 1 is 1.42 bits per heavy atom. The number of rotatable bonds is 0. The van der Waals surface area contributed by atoms with Crippen LogP contribution in [0.15, 0.2) is 16.9 Å². The van der Waals surface area contributed by atoms with Gasteiger partial charge in [0.2, 0.25) is 0 Å². The van der Waals surface area contributed by atoms with Crippen LogP contribution in [0.2, 0.25) is 10.0 Å². The van der Waals surface area contributed by atoms with Crippen molar-refractivity contribution in [1.29, 1.82) is 0 Å². The fraction of sp³-hybridized carbons (Fsp3) is 0. The van der Waals surface area contributed by atoms with Gasteiger partial charge in [0.1, 0.15) is 5.65 Å². The summed E-state index contributed by atoms with van der Waals surface area (Å²) in [6, 6.07) is 0. The largest absolute Gasteiger partial charge is 0.345 e. The van der Waals surface area contributed by atoms with Crippen molar-refractivity contribution >= 4 is 50.2 Å². The van der Waals surface area contributed by atoms with Crippen LogP contribution in [0.1, 0.15) is 0 Å². The summed E-state index contributed by atoms with van der Waals surface area (Å²) in [5.74, 6) is 0. The summed E-state index contributed by atoms with van der Waals surface area (Å²) in [6.07, 6.45) is 3.30. The fourth-order valence-electron chi connectivity index (χ4n) is 0.997. The van der Waals surface area contributed by atoms with E-state index in [1.165, 1.54) is 6.20 Å². The van der Waals surface area contributed by atoms with Gasteiger partial charge in [0, 0.05) is 16.9 Å². The first-order valence-corrected chi connectivity index (χ1v) is 4.71. The van der Waals surface area contributed by atoms with Crippen LogP contribution < -0.4 is 0 Å². The van der Waals surface area contributed by atoms with Gasteiger partial charge < -0.3 is 4.98 Å². The highest BCUT2D eigenvalue weighted by atomic mass is 79.9. The highest BCUT2D eigenvalue weighted by Crippen LogP contribution is 2.33. The molecule has 0 atom stereocenters. The molecule has 0 saturated carbocycles. The van der Waals surface area contributed by atoms with Crippen molar-refractivity contribution in [3.05, 3.63) is 26.9 Å². The van der Waals surface area contributed by atoms with Gasteiger partial charge in [0.05, 0.1) is 15.4 Å². The molecule has 1 N–H and O–H groups in total. The monoisotopic (exact) mass is 264 g/mol. The van der Waals surface area contributed by atoms with Gasteiger partial charge in [-0.25, -0.2) is 4.98 Å². The summed E-state index contributed by atoms with van der Waals surface area (Å²) >= 11 is 15.1. The first-order valence-electron chi connectivity index (χ1n) is 3.16. The Labute approximate surface area is 87.0 Å². The second-order valence-corrected chi connectivity index (χ2v) is 3.92. The molecule has 62 valence electrons. The second kappa shape index (κ2) is 2.91. The van der Waals surface area contributed by atoms with Crippen LogP contribution in [0, 0.1) is 0 Å². The van der Waals surface area contributed by atoms with Gasteiger partial charge in [0.25, 0.3) is 0 Å². The third-order valence-electron chi connectivity index (χ3n) is 1.55. The maximum absolute atomic E-state index is 5.95. The van der Waals surface area contributed by atoms with E-state index in [9.17, 15) is 0 Å². The van der Waals surface area contributed by atoms with Crippen molar-refractivity contribution in [2.75, 3.05) is 0 Å². The molecule has 0 radical (unpaired) electrons. The number of aromatic nitrogens is 2. The van der Waals surface area contributed by atoms with Crippen molar-refractivity contribution in [2.24, 2.45) is 0 Å². The molecule has 0 unspecified atom stereocenters. The van der Waals surface area contributed by atoms with Crippen molar-refractivity contribution in [3.8, 4) is 0 Å². The van der Waals surface area contributed by atoms with Crippen molar-refractivity contribution < 1.29 is 0 Å². The predicted molar refractivity (Wildman–Crippen MR) is 53.8 cm³/mol. The lowest BCUT2D eigenvalue weighted by atomic mass is 10.3. The summed E-state index contributed by atoms with van der Waals surface area (Å²) in [5, 5.41) is 1.81. The summed E-state index contributed by atoms with van der Waals surface area (Å²) in [4.78, 5) is 7.02.